The SMILES string of the molecule is CN1C(=O)CN(CCC(=O)O)C(=O)c2cc3c(cc21)CCC(CCC[NH3+])C3. The fourth-order valence-corrected chi connectivity index (χ4v) is 4.06. The summed E-state index contributed by atoms with van der Waals surface area (Å²) in [4.78, 5) is 39.3. The van der Waals surface area contributed by atoms with E-state index in [4.69, 9.17) is 5.11 Å². The van der Waals surface area contributed by atoms with Crippen LogP contribution < -0.4 is 10.6 Å². The average Bonchev–Trinajstić information content (AvgIpc) is 2.74. The van der Waals surface area contributed by atoms with Gasteiger partial charge in [-0.1, -0.05) is 0 Å². The van der Waals surface area contributed by atoms with E-state index in [-0.39, 0.29) is 31.3 Å². The summed E-state index contributed by atoms with van der Waals surface area (Å²) in [6, 6.07) is 3.92. The van der Waals surface area contributed by atoms with Gasteiger partial charge >= 0.3 is 5.97 Å². The number of amides is 2. The molecule has 0 saturated carbocycles. The topological polar surface area (TPSA) is 106 Å². The van der Waals surface area contributed by atoms with Crippen LogP contribution >= 0.6 is 0 Å². The molecule has 0 fully saturated rings. The van der Waals surface area contributed by atoms with Crippen molar-refractivity contribution in [3.63, 3.8) is 0 Å². The predicted octanol–water partition coefficient (Wildman–Crippen LogP) is 0.707. The van der Waals surface area contributed by atoms with E-state index < -0.39 is 5.97 Å². The fraction of sp³-hybridized carbons (Fsp3) is 0.550. The molecule has 0 radical (unpaired) electrons. The number of carboxylic acid groups (broad SMARTS) is 1. The largest absolute Gasteiger partial charge is 0.481 e. The van der Waals surface area contributed by atoms with Crippen molar-refractivity contribution in [2.24, 2.45) is 5.92 Å². The van der Waals surface area contributed by atoms with Crippen molar-refractivity contribution in [1.29, 1.82) is 0 Å². The van der Waals surface area contributed by atoms with E-state index >= 15 is 0 Å². The number of hydrogen-bond acceptors (Lipinski definition) is 3. The quantitative estimate of drug-likeness (QED) is 0.765. The summed E-state index contributed by atoms with van der Waals surface area (Å²) in [6.07, 6.45) is 5.13. The van der Waals surface area contributed by atoms with Crippen molar-refractivity contribution < 1.29 is 25.2 Å². The van der Waals surface area contributed by atoms with Gasteiger partial charge in [-0.3, -0.25) is 14.4 Å². The summed E-state index contributed by atoms with van der Waals surface area (Å²) in [5.74, 6) is -0.823. The number of aryl methyl sites for hydroxylation is 1. The monoisotopic (exact) mass is 374 g/mol. The molecule has 1 atom stereocenters. The van der Waals surface area contributed by atoms with Gasteiger partial charge in [0.1, 0.15) is 6.54 Å². The van der Waals surface area contributed by atoms with E-state index in [1.54, 1.807) is 7.05 Å². The van der Waals surface area contributed by atoms with E-state index in [9.17, 15) is 14.4 Å². The molecule has 4 N–H and O–H groups in total. The van der Waals surface area contributed by atoms with Crippen molar-refractivity contribution >= 4 is 23.5 Å². The molecule has 146 valence electrons. The summed E-state index contributed by atoms with van der Waals surface area (Å²) < 4.78 is 0. The van der Waals surface area contributed by atoms with Gasteiger partial charge in [0.25, 0.3) is 5.91 Å². The minimum atomic E-state index is -0.980. The summed E-state index contributed by atoms with van der Waals surface area (Å²) in [7, 11) is 1.68. The number of likely N-dealkylation sites (N-methyl/N-ethyl adjacent to an activating group) is 1. The van der Waals surface area contributed by atoms with Crippen molar-refractivity contribution in [2.75, 3.05) is 31.6 Å². The highest BCUT2D eigenvalue weighted by Crippen LogP contribution is 2.35. The summed E-state index contributed by atoms with van der Waals surface area (Å²) in [5.41, 5.74) is 7.46. The smallest absolute Gasteiger partial charge is 0.305 e. The second-order valence-corrected chi connectivity index (χ2v) is 7.57. The summed E-state index contributed by atoms with van der Waals surface area (Å²) >= 11 is 0. The van der Waals surface area contributed by atoms with Crippen molar-refractivity contribution in [1.82, 2.24) is 4.90 Å². The Bertz CT molecular complexity index is 762. The molecule has 1 heterocycles. The molecule has 0 spiro atoms. The first-order chi connectivity index (χ1) is 12.9. The van der Waals surface area contributed by atoms with Crippen molar-refractivity contribution in [3.8, 4) is 0 Å². The van der Waals surface area contributed by atoms with Gasteiger partial charge in [-0.05, 0) is 61.3 Å². The van der Waals surface area contributed by atoms with Gasteiger partial charge in [-0.15, -0.1) is 0 Å². The van der Waals surface area contributed by atoms with Gasteiger partial charge in [-0.2, -0.15) is 0 Å². The maximum Gasteiger partial charge on any atom is 0.305 e. The average molecular weight is 374 g/mol. The summed E-state index contributed by atoms with van der Waals surface area (Å²) in [6.45, 7) is 0.891. The lowest BCUT2D eigenvalue weighted by atomic mass is 9.80. The van der Waals surface area contributed by atoms with E-state index in [0.717, 1.165) is 38.6 Å². The Kier molecular flexibility index (Phi) is 5.79. The highest BCUT2D eigenvalue weighted by atomic mass is 16.4. The van der Waals surface area contributed by atoms with E-state index in [1.165, 1.54) is 20.9 Å². The molecular weight excluding hydrogens is 346 g/mol. The van der Waals surface area contributed by atoms with E-state index in [0.29, 0.717) is 17.2 Å². The molecule has 0 aromatic heterocycles. The number of carbonyl (C=O) groups is 3. The van der Waals surface area contributed by atoms with Crippen LogP contribution in [-0.4, -0.2) is 54.5 Å². The molecule has 3 rings (SSSR count). The lowest BCUT2D eigenvalue weighted by Crippen LogP contribution is -2.50. The Morgan fingerprint density at radius 2 is 2.07 bits per heavy atom. The molecule has 0 saturated heterocycles. The highest BCUT2D eigenvalue weighted by Gasteiger charge is 2.32. The predicted molar refractivity (Wildman–Crippen MR) is 101 cm³/mol. The maximum absolute atomic E-state index is 13.0. The number of quaternary nitrogens is 1. The van der Waals surface area contributed by atoms with Crippen molar-refractivity contribution in [3.05, 3.63) is 28.8 Å². The standard InChI is InChI=1S/C20H27N3O4/c1-22-17-11-14-5-4-13(3-2-7-21)9-15(14)10-16(17)20(27)23(12-18(22)24)8-6-19(25)26/h10-11,13H,2-9,12,21H2,1H3,(H,25,26)/p+1. The first-order valence-electron chi connectivity index (χ1n) is 9.63. The van der Waals surface area contributed by atoms with Gasteiger partial charge < -0.3 is 20.6 Å². The third-order valence-electron chi connectivity index (χ3n) is 5.69. The van der Waals surface area contributed by atoms with Crippen LogP contribution in [0.4, 0.5) is 5.69 Å². The van der Waals surface area contributed by atoms with Crippen LogP contribution in [0.25, 0.3) is 0 Å². The van der Waals surface area contributed by atoms with Crippen LogP contribution in [0.2, 0.25) is 0 Å². The van der Waals surface area contributed by atoms with Crippen LogP contribution in [0.15, 0.2) is 12.1 Å². The van der Waals surface area contributed by atoms with Crippen LogP contribution in [0, 0.1) is 5.92 Å². The normalized spacial score (nSPS) is 19.6. The number of aliphatic carboxylic acids is 1. The van der Waals surface area contributed by atoms with Crippen molar-refractivity contribution in [2.45, 2.75) is 38.5 Å². The minimum absolute atomic E-state index is 0.0381. The lowest BCUT2D eigenvalue weighted by Gasteiger charge is -2.27. The number of nitrogens with zero attached hydrogens (tertiary/aromatic N) is 2. The second-order valence-electron chi connectivity index (χ2n) is 7.57. The third kappa shape index (κ3) is 4.13. The summed E-state index contributed by atoms with van der Waals surface area (Å²) in [5, 5.41) is 8.93. The molecule has 27 heavy (non-hydrogen) atoms. The Morgan fingerprint density at radius 3 is 2.78 bits per heavy atom. The number of anilines is 1. The Balaban J connectivity index is 1.92. The number of carbonyl (C=O) groups excluding carboxylic acids is 2. The van der Waals surface area contributed by atoms with Crippen LogP contribution in [0.1, 0.15) is 47.2 Å². The number of fused-ring (bicyclic) bond motifs is 2. The second kappa shape index (κ2) is 8.08. The van der Waals surface area contributed by atoms with Gasteiger partial charge in [0.15, 0.2) is 0 Å². The van der Waals surface area contributed by atoms with E-state index in [1.807, 2.05) is 12.1 Å². The lowest BCUT2D eigenvalue weighted by molar-refractivity contribution is -0.368. The maximum atomic E-state index is 13.0. The molecule has 1 aromatic rings. The Morgan fingerprint density at radius 1 is 1.30 bits per heavy atom. The van der Waals surface area contributed by atoms with Crippen LogP contribution in [0.5, 0.6) is 0 Å². The highest BCUT2D eigenvalue weighted by molar-refractivity contribution is 6.09. The zero-order valence-electron chi connectivity index (χ0n) is 15.9. The minimum Gasteiger partial charge on any atom is -0.481 e. The first-order valence-corrected chi connectivity index (χ1v) is 9.63. The molecule has 1 aromatic carbocycles. The molecule has 1 aliphatic heterocycles. The molecule has 0 bridgehead atoms. The molecule has 1 unspecified atom stereocenters. The number of benzene rings is 1. The van der Waals surface area contributed by atoms with Gasteiger partial charge in [0.05, 0.1) is 24.2 Å². The number of hydrogen-bond donors (Lipinski definition) is 2. The third-order valence-corrected chi connectivity index (χ3v) is 5.69. The van der Waals surface area contributed by atoms with E-state index in [2.05, 4.69) is 5.73 Å². The van der Waals surface area contributed by atoms with Gasteiger partial charge in [-0.25, -0.2) is 0 Å². The fourth-order valence-electron chi connectivity index (χ4n) is 4.06. The van der Waals surface area contributed by atoms with Gasteiger partial charge in [0, 0.05) is 13.6 Å². The zero-order valence-corrected chi connectivity index (χ0v) is 15.9. The molecular formula is C20H28N3O4+. The molecule has 7 heteroatoms. The Hall–Kier alpha value is -2.41. The van der Waals surface area contributed by atoms with Crippen LogP contribution in [0.3, 0.4) is 0 Å². The molecule has 7 nitrogen and oxygen atoms in total. The van der Waals surface area contributed by atoms with Gasteiger partial charge in [0.2, 0.25) is 5.91 Å². The molecule has 1 aliphatic carbocycles. The molecule has 2 amide bonds. The number of carboxylic acids is 1. The molecule has 2 aliphatic rings. The van der Waals surface area contributed by atoms with Crippen LogP contribution in [-0.2, 0) is 22.4 Å². The Labute approximate surface area is 159 Å². The number of rotatable bonds is 6. The zero-order chi connectivity index (χ0) is 19.6. The first kappa shape index (κ1) is 19.4.